The van der Waals surface area contributed by atoms with E-state index in [9.17, 15) is 9.59 Å². The van der Waals surface area contributed by atoms with E-state index in [-0.39, 0.29) is 23.7 Å². The van der Waals surface area contributed by atoms with E-state index in [0.29, 0.717) is 25.4 Å². The van der Waals surface area contributed by atoms with Gasteiger partial charge in [-0.2, -0.15) is 0 Å². The number of rotatable bonds is 5. The minimum atomic E-state index is -0.313. The number of benzene rings is 1. The number of amides is 3. The van der Waals surface area contributed by atoms with Crippen molar-refractivity contribution in [3.63, 3.8) is 0 Å². The summed E-state index contributed by atoms with van der Waals surface area (Å²) in [5, 5.41) is 5.65. The Balaban J connectivity index is 1.54. The lowest BCUT2D eigenvalue weighted by Gasteiger charge is -2.23. The van der Waals surface area contributed by atoms with Crippen LogP contribution in [-0.4, -0.2) is 43.1 Å². The number of hydrogen-bond acceptors (Lipinski definition) is 4. The van der Waals surface area contributed by atoms with E-state index in [1.54, 1.807) is 30.1 Å². The Morgan fingerprint density at radius 2 is 2.16 bits per heavy atom. The van der Waals surface area contributed by atoms with Crippen molar-refractivity contribution in [3.05, 3.63) is 54.0 Å². The number of anilines is 1. The first-order chi connectivity index (χ1) is 12.1. The van der Waals surface area contributed by atoms with Crippen molar-refractivity contribution in [2.24, 2.45) is 0 Å². The highest BCUT2D eigenvalue weighted by Crippen LogP contribution is 2.14. The molecular weight excluding hydrogens is 322 g/mol. The Labute approximate surface area is 145 Å². The second-order valence-electron chi connectivity index (χ2n) is 5.92. The van der Waals surface area contributed by atoms with Gasteiger partial charge in [-0.25, -0.2) is 4.79 Å². The maximum Gasteiger partial charge on any atom is 0.317 e. The molecule has 1 aliphatic rings. The van der Waals surface area contributed by atoms with Crippen LogP contribution in [-0.2, 0) is 11.3 Å². The van der Waals surface area contributed by atoms with Crippen LogP contribution >= 0.6 is 0 Å². The van der Waals surface area contributed by atoms with E-state index >= 15 is 0 Å². The zero-order chi connectivity index (χ0) is 17.6. The minimum absolute atomic E-state index is 0.124. The third kappa shape index (κ3) is 4.39. The molecule has 2 N–H and O–H groups in total. The van der Waals surface area contributed by atoms with Crippen molar-refractivity contribution >= 4 is 17.6 Å². The summed E-state index contributed by atoms with van der Waals surface area (Å²) < 4.78 is 10.4. The Morgan fingerprint density at radius 1 is 1.28 bits per heavy atom. The van der Waals surface area contributed by atoms with Gasteiger partial charge in [0, 0.05) is 25.9 Å². The molecule has 2 aromatic rings. The minimum Gasteiger partial charge on any atom is -0.459 e. The fourth-order valence-corrected chi connectivity index (χ4v) is 2.66. The van der Waals surface area contributed by atoms with Gasteiger partial charge in [0.05, 0.1) is 18.9 Å². The van der Waals surface area contributed by atoms with Gasteiger partial charge in [0.25, 0.3) is 5.91 Å². The van der Waals surface area contributed by atoms with Crippen LogP contribution in [0.1, 0.15) is 22.5 Å². The average Bonchev–Trinajstić information content (AvgIpc) is 3.32. The fraction of sp³-hybridized carbons (Fsp3) is 0.333. The highest BCUT2D eigenvalue weighted by molar-refractivity contribution is 6.02. The molecule has 1 fully saturated rings. The molecule has 7 nitrogen and oxygen atoms in total. The smallest absolute Gasteiger partial charge is 0.317 e. The molecule has 1 unspecified atom stereocenters. The van der Waals surface area contributed by atoms with Crippen LogP contribution in [0, 0.1) is 0 Å². The summed E-state index contributed by atoms with van der Waals surface area (Å²) in [7, 11) is 1.77. The second-order valence-corrected chi connectivity index (χ2v) is 5.92. The molecule has 25 heavy (non-hydrogen) atoms. The maximum atomic E-state index is 12.2. The number of furan rings is 1. The molecule has 7 heteroatoms. The third-order valence-electron chi connectivity index (χ3n) is 4.15. The molecule has 3 rings (SSSR count). The number of carbonyl (C=O) groups excluding carboxylic acids is 2. The normalized spacial score (nSPS) is 16.4. The van der Waals surface area contributed by atoms with Gasteiger partial charge in [-0.3, -0.25) is 4.79 Å². The molecule has 3 amide bonds. The Kier molecular flexibility index (Phi) is 5.35. The fourth-order valence-electron chi connectivity index (χ4n) is 2.66. The second kappa shape index (κ2) is 7.85. The molecule has 0 aliphatic carbocycles. The summed E-state index contributed by atoms with van der Waals surface area (Å²) >= 11 is 0. The Bertz CT molecular complexity index is 724. The van der Waals surface area contributed by atoms with Crippen molar-refractivity contribution in [1.29, 1.82) is 0 Å². The van der Waals surface area contributed by atoms with E-state index < -0.39 is 0 Å². The molecule has 1 aromatic heterocycles. The highest BCUT2D eigenvalue weighted by atomic mass is 16.5. The van der Waals surface area contributed by atoms with Gasteiger partial charge in [0.15, 0.2) is 5.76 Å². The van der Waals surface area contributed by atoms with E-state index in [1.165, 1.54) is 6.26 Å². The molecule has 0 radical (unpaired) electrons. The third-order valence-corrected chi connectivity index (χ3v) is 4.15. The average molecular weight is 343 g/mol. The van der Waals surface area contributed by atoms with Crippen molar-refractivity contribution < 1.29 is 18.7 Å². The first kappa shape index (κ1) is 17.0. The molecule has 1 saturated heterocycles. The molecule has 0 bridgehead atoms. The van der Waals surface area contributed by atoms with Crippen LogP contribution in [0.5, 0.6) is 0 Å². The summed E-state index contributed by atoms with van der Waals surface area (Å²) in [6.45, 7) is 1.65. The summed E-state index contributed by atoms with van der Waals surface area (Å²) in [6.07, 6.45) is 2.31. The van der Waals surface area contributed by atoms with E-state index in [2.05, 4.69) is 10.6 Å². The van der Waals surface area contributed by atoms with E-state index in [0.717, 1.165) is 12.0 Å². The molecule has 0 saturated carbocycles. The Morgan fingerprint density at radius 3 is 2.88 bits per heavy atom. The lowest BCUT2D eigenvalue weighted by molar-refractivity contribution is 0.0996. The molecule has 132 valence electrons. The number of hydrogen-bond donors (Lipinski definition) is 2. The lowest BCUT2D eigenvalue weighted by atomic mass is 10.2. The predicted molar refractivity (Wildman–Crippen MR) is 92.3 cm³/mol. The van der Waals surface area contributed by atoms with Gasteiger partial charge < -0.3 is 24.7 Å². The first-order valence-electron chi connectivity index (χ1n) is 8.15. The van der Waals surface area contributed by atoms with Crippen LogP contribution in [0.25, 0.3) is 0 Å². The number of nitrogens with zero attached hydrogens (tertiary/aromatic N) is 1. The van der Waals surface area contributed by atoms with Gasteiger partial charge in [0.2, 0.25) is 0 Å². The molecule has 2 heterocycles. The summed E-state index contributed by atoms with van der Waals surface area (Å²) in [5.74, 6) is -0.0636. The van der Waals surface area contributed by atoms with Gasteiger partial charge in [0.1, 0.15) is 0 Å². The van der Waals surface area contributed by atoms with Gasteiger partial charge >= 0.3 is 6.03 Å². The zero-order valence-corrected chi connectivity index (χ0v) is 14.0. The van der Waals surface area contributed by atoms with Crippen LogP contribution in [0.4, 0.5) is 10.5 Å². The SMILES string of the molecule is CN(C(=O)NCc1cccc(NC(=O)c2ccco2)c1)C1CCOC1. The van der Waals surface area contributed by atoms with Crippen molar-refractivity contribution in [2.75, 3.05) is 25.6 Å². The number of nitrogens with one attached hydrogen (secondary N) is 2. The standard InChI is InChI=1S/C18H21N3O4/c1-21(15-7-9-24-12-15)18(23)19-11-13-4-2-5-14(10-13)20-17(22)16-6-3-8-25-16/h2-6,8,10,15H,7,9,11-12H2,1H3,(H,19,23)(H,20,22). The number of ether oxygens (including phenoxy) is 1. The largest absolute Gasteiger partial charge is 0.459 e. The summed E-state index contributed by atoms with van der Waals surface area (Å²) in [6, 6.07) is 10.6. The van der Waals surface area contributed by atoms with Crippen LogP contribution in [0.3, 0.4) is 0 Å². The summed E-state index contributed by atoms with van der Waals surface area (Å²) in [4.78, 5) is 25.9. The topological polar surface area (TPSA) is 83.8 Å². The van der Waals surface area contributed by atoms with Gasteiger partial charge in [-0.05, 0) is 36.2 Å². The van der Waals surface area contributed by atoms with Crippen LogP contribution in [0.15, 0.2) is 47.1 Å². The quantitative estimate of drug-likeness (QED) is 0.873. The first-order valence-corrected chi connectivity index (χ1v) is 8.15. The van der Waals surface area contributed by atoms with Crippen molar-refractivity contribution in [3.8, 4) is 0 Å². The number of likely N-dealkylation sites (N-methyl/N-ethyl adjacent to an activating group) is 1. The zero-order valence-electron chi connectivity index (χ0n) is 14.0. The van der Waals surface area contributed by atoms with Gasteiger partial charge in [-0.1, -0.05) is 12.1 Å². The number of carbonyl (C=O) groups is 2. The molecular formula is C18H21N3O4. The van der Waals surface area contributed by atoms with Crippen LogP contribution < -0.4 is 10.6 Å². The van der Waals surface area contributed by atoms with E-state index in [4.69, 9.17) is 9.15 Å². The van der Waals surface area contributed by atoms with Crippen LogP contribution in [0.2, 0.25) is 0 Å². The predicted octanol–water partition coefficient (Wildman–Crippen LogP) is 2.46. The maximum absolute atomic E-state index is 12.2. The van der Waals surface area contributed by atoms with Crippen molar-refractivity contribution in [2.45, 2.75) is 19.0 Å². The van der Waals surface area contributed by atoms with Gasteiger partial charge in [-0.15, -0.1) is 0 Å². The monoisotopic (exact) mass is 343 g/mol. The molecule has 1 aromatic carbocycles. The number of urea groups is 1. The summed E-state index contributed by atoms with van der Waals surface area (Å²) in [5.41, 5.74) is 1.53. The molecule has 0 spiro atoms. The molecule has 1 aliphatic heterocycles. The van der Waals surface area contributed by atoms with Crippen molar-refractivity contribution in [1.82, 2.24) is 10.2 Å². The molecule has 1 atom stereocenters. The lowest BCUT2D eigenvalue weighted by Crippen LogP contribution is -2.43. The Hall–Kier alpha value is -2.80. The van der Waals surface area contributed by atoms with E-state index in [1.807, 2.05) is 18.2 Å². The highest BCUT2D eigenvalue weighted by Gasteiger charge is 2.23.